The second-order valence-corrected chi connectivity index (χ2v) is 4.01. The van der Waals surface area contributed by atoms with Crippen molar-refractivity contribution < 1.29 is 24.6 Å². The number of carboxylic acids is 2. The van der Waals surface area contributed by atoms with Gasteiger partial charge in [-0.15, -0.1) is 0 Å². The fourth-order valence-electron chi connectivity index (χ4n) is 1.59. The first-order valence-corrected chi connectivity index (χ1v) is 5.50. The highest BCUT2D eigenvalue weighted by atomic mass is 16.4. The van der Waals surface area contributed by atoms with Crippen LogP contribution in [0.2, 0.25) is 0 Å². The van der Waals surface area contributed by atoms with Gasteiger partial charge in [0.1, 0.15) is 0 Å². The van der Waals surface area contributed by atoms with Gasteiger partial charge >= 0.3 is 11.9 Å². The predicted octanol–water partition coefficient (Wildman–Crippen LogP) is 2.13. The van der Waals surface area contributed by atoms with Gasteiger partial charge in [-0.2, -0.15) is 0 Å². The maximum Gasteiger partial charge on any atom is 0.335 e. The van der Waals surface area contributed by atoms with Crippen molar-refractivity contribution in [3.05, 3.63) is 34.9 Å². The summed E-state index contributed by atoms with van der Waals surface area (Å²) in [6.45, 7) is 1.72. The molecule has 5 nitrogen and oxygen atoms in total. The van der Waals surface area contributed by atoms with Crippen LogP contribution in [0, 0.1) is 6.92 Å². The van der Waals surface area contributed by atoms with Crippen LogP contribution in [0.4, 0.5) is 0 Å². The van der Waals surface area contributed by atoms with Crippen molar-refractivity contribution in [1.29, 1.82) is 0 Å². The van der Waals surface area contributed by atoms with Crippen LogP contribution in [0.5, 0.6) is 0 Å². The first-order chi connectivity index (χ1) is 8.41. The standard InChI is InChI=1S/C13H14O5/c1-8-5-6-9(13(17)18)7-10(8)11(14)3-2-4-12(15)16/h5-7H,2-4H2,1H3,(H,15,16)(H,17,18). The zero-order valence-electron chi connectivity index (χ0n) is 9.97. The van der Waals surface area contributed by atoms with E-state index in [4.69, 9.17) is 10.2 Å². The Hall–Kier alpha value is -2.17. The summed E-state index contributed by atoms with van der Waals surface area (Å²) in [6.07, 6.45) is 0.296. The Labute approximate surface area is 104 Å². The smallest absolute Gasteiger partial charge is 0.335 e. The molecule has 0 aliphatic rings. The number of carboxylic acid groups (broad SMARTS) is 2. The second-order valence-electron chi connectivity index (χ2n) is 4.01. The Kier molecular flexibility index (Phi) is 4.59. The zero-order valence-corrected chi connectivity index (χ0v) is 9.97. The molecule has 1 aromatic carbocycles. The molecule has 96 valence electrons. The molecule has 0 aliphatic heterocycles. The van der Waals surface area contributed by atoms with E-state index in [1.165, 1.54) is 12.1 Å². The van der Waals surface area contributed by atoms with Gasteiger partial charge in [0.25, 0.3) is 0 Å². The van der Waals surface area contributed by atoms with Crippen LogP contribution in [0.25, 0.3) is 0 Å². The van der Waals surface area contributed by atoms with Gasteiger partial charge in [0.2, 0.25) is 0 Å². The van der Waals surface area contributed by atoms with E-state index < -0.39 is 11.9 Å². The van der Waals surface area contributed by atoms with Crippen LogP contribution in [-0.4, -0.2) is 27.9 Å². The molecule has 1 rings (SSSR count). The molecule has 2 N–H and O–H groups in total. The lowest BCUT2D eigenvalue weighted by Crippen LogP contribution is -2.06. The molecule has 0 saturated carbocycles. The number of hydrogen-bond acceptors (Lipinski definition) is 3. The summed E-state index contributed by atoms with van der Waals surface area (Å²) < 4.78 is 0. The van der Waals surface area contributed by atoms with E-state index >= 15 is 0 Å². The molecule has 0 aromatic heterocycles. The molecule has 18 heavy (non-hydrogen) atoms. The number of Topliss-reactive ketones (excluding diaryl/α,β-unsaturated/α-hetero) is 1. The molecular formula is C13H14O5. The van der Waals surface area contributed by atoms with Crippen LogP contribution in [0.1, 0.15) is 45.5 Å². The average Bonchev–Trinajstić information content (AvgIpc) is 2.28. The van der Waals surface area contributed by atoms with Crippen LogP contribution in [-0.2, 0) is 4.79 Å². The van der Waals surface area contributed by atoms with Crippen LogP contribution < -0.4 is 0 Å². The number of benzene rings is 1. The molecule has 5 heteroatoms. The zero-order chi connectivity index (χ0) is 13.7. The summed E-state index contributed by atoms with van der Waals surface area (Å²) in [5.41, 5.74) is 1.10. The molecule has 0 fully saturated rings. The minimum Gasteiger partial charge on any atom is -0.481 e. The van der Waals surface area contributed by atoms with E-state index in [1.807, 2.05) is 0 Å². The van der Waals surface area contributed by atoms with Crippen LogP contribution in [0.15, 0.2) is 18.2 Å². The van der Waals surface area contributed by atoms with E-state index in [9.17, 15) is 14.4 Å². The minimum atomic E-state index is -1.09. The molecule has 0 unspecified atom stereocenters. The second kappa shape index (κ2) is 5.95. The van der Waals surface area contributed by atoms with E-state index in [2.05, 4.69) is 0 Å². The van der Waals surface area contributed by atoms with Crippen LogP contribution >= 0.6 is 0 Å². The third-order valence-corrected chi connectivity index (χ3v) is 2.58. The van der Waals surface area contributed by atoms with E-state index in [0.29, 0.717) is 11.1 Å². The first-order valence-electron chi connectivity index (χ1n) is 5.50. The van der Waals surface area contributed by atoms with Crippen LogP contribution in [0.3, 0.4) is 0 Å². The number of carbonyl (C=O) groups is 3. The Morgan fingerprint density at radius 3 is 2.33 bits per heavy atom. The molecule has 0 amide bonds. The lowest BCUT2D eigenvalue weighted by molar-refractivity contribution is -0.137. The number of hydrogen-bond donors (Lipinski definition) is 2. The average molecular weight is 250 g/mol. The largest absolute Gasteiger partial charge is 0.481 e. The number of aryl methyl sites for hydroxylation is 1. The van der Waals surface area contributed by atoms with E-state index in [0.717, 1.165) is 0 Å². The highest BCUT2D eigenvalue weighted by molar-refractivity contribution is 6.00. The van der Waals surface area contributed by atoms with Crippen molar-refractivity contribution in [2.75, 3.05) is 0 Å². The molecule has 0 radical (unpaired) electrons. The third kappa shape index (κ3) is 3.69. The Bertz CT molecular complexity index is 490. The maximum atomic E-state index is 11.8. The Morgan fingerprint density at radius 1 is 1.11 bits per heavy atom. The molecular weight excluding hydrogens is 236 g/mol. The van der Waals surface area contributed by atoms with Gasteiger partial charge in [-0.3, -0.25) is 9.59 Å². The summed E-state index contributed by atoms with van der Waals surface area (Å²) in [7, 11) is 0. The van der Waals surface area contributed by atoms with Crippen molar-refractivity contribution in [1.82, 2.24) is 0 Å². The van der Waals surface area contributed by atoms with Gasteiger partial charge in [-0.05, 0) is 31.0 Å². The van der Waals surface area contributed by atoms with Gasteiger partial charge in [-0.1, -0.05) is 6.07 Å². The van der Waals surface area contributed by atoms with Crippen molar-refractivity contribution >= 4 is 17.7 Å². The van der Waals surface area contributed by atoms with Gasteiger partial charge in [-0.25, -0.2) is 4.79 Å². The molecule has 0 spiro atoms. The normalized spacial score (nSPS) is 10.1. The summed E-state index contributed by atoms with van der Waals surface area (Å²) >= 11 is 0. The quantitative estimate of drug-likeness (QED) is 0.754. The van der Waals surface area contributed by atoms with Crippen molar-refractivity contribution in [2.45, 2.75) is 26.2 Å². The topological polar surface area (TPSA) is 91.7 Å². The highest BCUT2D eigenvalue weighted by Crippen LogP contribution is 2.15. The predicted molar refractivity (Wildman–Crippen MR) is 64.0 cm³/mol. The van der Waals surface area contributed by atoms with Gasteiger partial charge in [0.15, 0.2) is 5.78 Å². The molecule has 0 saturated heterocycles. The van der Waals surface area contributed by atoms with E-state index in [1.54, 1.807) is 13.0 Å². The van der Waals surface area contributed by atoms with Crippen molar-refractivity contribution in [2.24, 2.45) is 0 Å². The fourth-order valence-corrected chi connectivity index (χ4v) is 1.59. The summed E-state index contributed by atoms with van der Waals surface area (Å²) in [6, 6.07) is 4.35. The lowest BCUT2D eigenvalue weighted by Gasteiger charge is -2.05. The fraction of sp³-hybridized carbons (Fsp3) is 0.308. The number of aromatic carboxylic acids is 1. The summed E-state index contributed by atoms with van der Waals surface area (Å²) in [4.78, 5) is 33.0. The molecule has 1 aromatic rings. The summed E-state index contributed by atoms with van der Waals surface area (Å²) in [5.74, 6) is -2.26. The minimum absolute atomic E-state index is 0.0576. The number of ketones is 1. The monoisotopic (exact) mass is 250 g/mol. The molecule has 0 bridgehead atoms. The molecule has 0 aliphatic carbocycles. The first kappa shape index (κ1) is 13.9. The Balaban J connectivity index is 2.81. The number of aliphatic carboxylic acids is 1. The van der Waals surface area contributed by atoms with Crippen molar-refractivity contribution in [3.8, 4) is 0 Å². The van der Waals surface area contributed by atoms with E-state index in [-0.39, 0.29) is 30.6 Å². The lowest BCUT2D eigenvalue weighted by atomic mass is 9.98. The molecule has 0 heterocycles. The maximum absolute atomic E-state index is 11.8. The van der Waals surface area contributed by atoms with Crippen molar-refractivity contribution in [3.63, 3.8) is 0 Å². The Morgan fingerprint density at radius 2 is 1.78 bits per heavy atom. The van der Waals surface area contributed by atoms with Gasteiger partial charge in [0, 0.05) is 18.4 Å². The summed E-state index contributed by atoms with van der Waals surface area (Å²) in [5, 5.41) is 17.3. The number of carbonyl (C=O) groups excluding carboxylic acids is 1. The SMILES string of the molecule is Cc1ccc(C(=O)O)cc1C(=O)CCCC(=O)O. The van der Waals surface area contributed by atoms with Gasteiger partial charge in [0.05, 0.1) is 5.56 Å². The third-order valence-electron chi connectivity index (χ3n) is 2.58. The van der Waals surface area contributed by atoms with Gasteiger partial charge < -0.3 is 10.2 Å². The highest BCUT2D eigenvalue weighted by Gasteiger charge is 2.13. The molecule has 0 atom stereocenters. The number of rotatable bonds is 6.